The van der Waals surface area contributed by atoms with Gasteiger partial charge in [0, 0.05) is 6.42 Å². The number of hydrogen-bond acceptors (Lipinski definition) is 7. The second kappa shape index (κ2) is 11.8. The molecule has 0 aliphatic rings. The highest BCUT2D eigenvalue weighted by Crippen LogP contribution is 2.27. The number of aryl methyl sites for hydroxylation is 1. The van der Waals surface area contributed by atoms with Crippen LogP contribution in [-0.2, 0) is 30.3 Å². The molecule has 0 saturated carbocycles. The van der Waals surface area contributed by atoms with Crippen molar-refractivity contribution in [2.24, 2.45) is 5.92 Å². The fourth-order valence-corrected chi connectivity index (χ4v) is 2.56. The van der Waals surface area contributed by atoms with Crippen LogP contribution in [0.4, 0.5) is 0 Å². The van der Waals surface area contributed by atoms with Crippen LogP contribution in [-0.4, -0.2) is 51.8 Å². The number of rotatable bonds is 11. The number of carbonyl (C=O) groups is 3. The summed E-state index contributed by atoms with van der Waals surface area (Å²) in [6.45, 7) is 3.41. The van der Waals surface area contributed by atoms with E-state index in [0.29, 0.717) is 24.3 Å². The maximum Gasteiger partial charge on any atom is 0.328 e. The summed E-state index contributed by atoms with van der Waals surface area (Å²) in [5, 5.41) is 2.53. The number of amides is 1. The molecule has 0 aliphatic carbocycles. The van der Waals surface area contributed by atoms with Gasteiger partial charge in [0.2, 0.25) is 0 Å². The zero-order valence-electron chi connectivity index (χ0n) is 17.1. The summed E-state index contributed by atoms with van der Waals surface area (Å²) in [5.41, 5.74) is 0.877. The molecule has 8 heteroatoms. The minimum atomic E-state index is -0.761. The fourth-order valence-electron chi connectivity index (χ4n) is 2.56. The number of benzene rings is 1. The molecule has 0 fully saturated rings. The maximum atomic E-state index is 12.0. The average Bonchev–Trinajstić information content (AvgIpc) is 2.68. The van der Waals surface area contributed by atoms with Crippen LogP contribution in [0.1, 0.15) is 32.3 Å². The molecule has 0 bridgehead atoms. The number of carbonyl (C=O) groups excluding carboxylic acids is 3. The van der Waals surface area contributed by atoms with Gasteiger partial charge in [-0.2, -0.15) is 0 Å². The Hall–Kier alpha value is -2.77. The Bertz CT molecular complexity index is 673. The molecule has 1 atom stereocenters. The Kier molecular flexibility index (Phi) is 9.84. The van der Waals surface area contributed by atoms with Gasteiger partial charge in [-0.3, -0.25) is 9.59 Å². The van der Waals surface area contributed by atoms with Crippen molar-refractivity contribution in [2.45, 2.75) is 39.2 Å². The summed E-state index contributed by atoms with van der Waals surface area (Å²) in [7, 11) is 4.34. The smallest absolute Gasteiger partial charge is 0.328 e. The van der Waals surface area contributed by atoms with Gasteiger partial charge in [-0.05, 0) is 36.5 Å². The molecule has 0 spiro atoms. The van der Waals surface area contributed by atoms with Gasteiger partial charge in [0.05, 0.1) is 21.3 Å². The lowest BCUT2D eigenvalue weighted by Gasteiger charge is -2.18. The number of methoxy groups -OCH3 is 3. The highest BCUT2D eigenvalue weighted by atomic mass is 16.5. The summed E-state index contributed by atoms with van der Waals surface area (Å²) < 4.78 is 20.1. The molecule has 0 aliphatic heterocycles. The van der Waals surface area contributed by atoms with E-state index in [2.05, 4.69) is 10.1 Å². The lowest BCUT2D eigenvalue weighted by atomic mass is 10.0. The number of esters is 2. The van der Waals surface area contributed by atoms with E-state index in [9.17, 15) is 14.4 Å². The molecule has 28 heavy (non-hydrogen) atoms. The van der Waals surface area contributed by atoms with Crippen molar-refractivity contribution in [2.75, 3.05) is 27.9 Å². The summed E-state index contributed by atoms with van der Waals surface area (Å²) in [6.07, 6.45) is 0.972. The summed E-state index contributed by atoms with van der Waals surface area (Å²) >= 11 is 0. The molecular formula is C20H29NO7. The van der Waals surface area contributed by atoms with Crippen molar-refractivity contribution in [1.82, 2.24) is 5.32 Å². The van der Waals surface area contributed by atoms with Gasteiger partial charge in [-0.25, -0.2) is 4.79 Å². The predicted octanol–water partition coefficient (Wildman–Crippen LogP) is 1.88. The Morgan fingerprint density at radius 1 is 1.04 bits per heavy atom. The third-order valence-corrected chi connectivity index (χ3v) is 3.96. The van der Waals surface area contributed by atoms with Gasteiger partial charge in [-0.1, -0.05) is 19.9 Å². The third-order valence-electron chi connectivity index (χ3n) is 3.96. The first-order chi connectivity index (χ1) is 13.3. The van der Waals surface area contributed by atoms with E-state index >= 15 is 0 Å². The number of hydrogen-bond donors (Lipinski definition) is 1. The Labute approximate surface area is 165 Å². The summed E-state index contributed by atoms with van der Waals surface area (Å²) in [6, 6.07) is 4.61. The molecule has 0 saturated heterocycles. The van der Waals surface area contributed by atoms with Crippen LogP contribution in [0.3, 0.4) is 0 Å². The Balaban J connectivity index is 2.47. The van der Waals surface area contributed by atoms with Gasteiger partial charge >= 0.3 is 11.9 Å². The highest BCUT2D eigenvalue weighted by molar-refractivity contribution is 5.86. The van der Waals surface area contributed by atoms with Gasteiger partial charge in [-0.15, -0.1) is 0 Å². The second-order valence-corrected chi connectivity index (χ2v) is 6.62. The van der Waals surface area contributed by atoms with Crippen molar-refractivity contribution in [3.8, 4) is 11.5 Å². The highest BCUT2D eigenvalue weighted by Gasteiger charge is 2.23. The van der Waals surface area contributed by atoms with E-state index in [4.69, 9.17) is 14.2 Å². The van der Waals surface area contributed by atoms with Crippen LogP contribution in [0.5, 0.6) is 11.5 Å². The zero-order chi connectivity index (χ0) is 21.1. The van der Waals surface area contributed by atoms with Crippen LogP contribution >= 0.6 is 0 Å². The van der Waals surface area contributed by atoms with Crippen molar-refractivity contribution in [3.05, 3.63) is 23.8 Å². The van der Waals surface area contributed by atoms with Crippen molar-refractivity contribution >= 4 is 17.8 Å². The standard InChI is InChI=1S/C20H29NO7/c1-13(2)10-15(20(24)27-5)21-18(22)12-28-19(23)9-7-14-6-8-16(25-3)17(11-14)26-4/h6,8,11,13,15H,7,9-10,12H2,1-5H3,(H,21,22). The van der Waals surface area contributed by atoms with Crippen molar-refractivity contribution < 1.29 is 33.3 Å². The maximum absolute atomic E-state index is 12.0. The third kappa shape index (κ3) is 7.85. The van der Waals surface area contributed by atoms with E-state index in [0.717, 1.165) is 5.56 Å². The Morgan fingerprint density at radius 3 is 2.29 bits per heavy atom. The lowest BCUT2D eigenvalue weighted by molar-refractivity contribution is -0.150. The first-order valence-corrected chi connectivity index (χ1v) is 9.04. The van der Waals surface area contributed by atoms with E-state index in [-0.39, 0.29) is 12.3 Å². The molecule has 1 aromatic rings. The SMILES string of the molecule is COC(=O)C(CC(C)C)NC(=O)COC(=O)CCc1ccc(OC)c(OC)c1. The van der Waals surface area contributed by atoms with Crippen molar-refractivity contribution in [3.63, 3.8) is 0 Å². The van der Waals surface area contributed by atoms with Gasteiger partial charge < -0.3 is 24.3 Å². The number of nitrogens with one attached hydrogen (secondary N) is 1. The van der Waals surface area contributed by atoms with E-state index in [1.54, 1.807) is 19.2 Å². The molecule has 0 heterocycles. The van der Waals surface area contributed by atoms with Crippen LogP contribution in [0.25, 0.3) is 0 Å². The molecule has 1 aromatic carbocycles. The first-order valence-electron chi connectivity index (χ1n) is 9.04. The van der Waals surface area contributed by atoms with Crippen molar-refractivity contribution in [1.29, 1.82) is 0 Å². The van der Waals surface area contributed by atoms with Gasteiger partial charge in [0.25, 0.3) is 5.91 Å². The molecule has 1 N–H and O–H groups in total. The average molecular weight is 395 g/mol. The predicted molar refractivity (Wildman–Crippen MR) is 102 cm³/mol. The first kappa shape index (κ1) is 23.3. The molecule has 1 unspecified atom stereocenters. The fraction of sp³-hybridized carbons (Fsp3) is 0.550. The largest absolute Gasteiger partial charge is 0.493 e. The van der Waals surface area contributed by atoms with Crippen LogP contribution in [0, 0.1) is 5.92 Å². The minimum Gasteiger partial charge on any atom is -0.493 e. The minimum absolute atomic E-state index is 0.106. The lowest BCUT2D eigenvalue weighted by Crippen LogP contribution is -2.44. The van der Waals surface area contributed by atoms with Gasteiger partial charge in [0.15, 0.2) is 18.1 Å². The van der Waals surface area contributed by atoms with E-state index < -0.39 is 30.5 Å². The van der Waals surface area contributed by atoms with Crippen LogP contribution < -0.4 is 14.8 Å². The summed E-state index contributed by atoms with van der Waals surface area (Å²) in [4.78, 5) is 35.6. The second-order valence-electron chi connectivity index (χ2n) is 6.62. The van der Waals surface area contributed by atoms with Gasteiger partial charge in [0.1, 0.15) is 6.04 Å². The molecule has 0 radical (unpaired) electrons. The molecule has 156 valence electrons. The van der Waals surface area contributed by atoms with Crippen LogP contribution in [0.2, 0.25) is 0 Å². The van der Waals surface area contributed by atoms with E-state index in [1.807, 2.05) is 19.9 Å². The normalized spacial score (nSPS) is 11.5. The van der Waals surface area contributed by atoms with E-state index in [1.165, 1.54) is 14.2 Å². The molecule has 0 aromatic heterocycles. The zero-order valence-corrected chi connectivity index (χ0v) is 17.1. The molecular weight excluding hydrogens is 366 g/mol. The quantitative estimate of drug-likeness (QED) is 0.571. The Morgan fingerprint density at radius 2 is 1.71 bits per heavy atom. The van der Waals surface area contributed by atoms with Crippen LogP contribution in [0.15, 0.2) is 18.2 Å². The number of ether oxygens (including phenoxy) is 4. The summed E-state index contributed by atoms with van der Waals surface area (Å²) in [5.74, 6) is -0.215. The topological polar surface area (TPSA) is 100 Å². The molecule has 1 rings (SSSR count). The monoisotopic (exact) mass is 395 g/mol. The molecule has 1 amide bonds. The molecule has 8 nitrogen and oxygen atoms in total.